The minimum absolute atomic E-state index is 0.147. The fourth-order valence-electron chi connectivity index (χ4n) is 4.14. The van der Waals surface area contributed by atoms with E-state index in [1.54, 1.807) is 0 Å². The van der Waals surface area contributed by atoms with E-state index in [4.69, 9.17) is 10.5 Å². The molecule has 2 N–H and O–H groups in total. The molecule has 136 valence electrons. The van der Waals surface area contributed by atoms with E-state index in [-0.39, 0.29) is 12.0 Å². The predicted molar refractivity (Wildman–Crippen MR) is 98.4 cm³/mol. The maximum absolute atomic E-state index is 12.8. The van der Waals surface area contributed by atoms with Crippen LogP contribution in [0.3, 0.4) is 0 Å². The van der Waals surface area contributed by atoms with Crippen molar-refractivity contribution < 1.29 is 9.53 Å². The highest BCUT2D eigenvalue weighted by molar-refractivity contribution is 5.80. The highest BCUT2D eigenvalue weighted by Crippen LogP contribution is 2.33. The van der Waals surface area contributed by atoms with Gasteiger partial charge in [-0.2, -0.15) is 0 Å². The van der Waals surface area contributed by atoms with Gasteiger partial charge in [0.15, 0.2) is 0 Å². The summed E-state index contributed by atoms with van der Waals surface area (Å²) in [4.78, 5) is 17.5. The molecular weight excluding hydrogens is 314 g/mol. The maximum Gasteiger partial charge on any atom is 0.226 e. The van der Waals surface area contributed by atoms with Crippen LogP contribution in [0, 0.1) is 5.92 Å². The summed E-state index contributed by atoms with van der Waals surface area (Å²) >= 11 is 0. The van der Waals surface area contributed by atoms with Crippen molar-refractivity contribution in [3.8, 4) is 5.75 Å². The second kappa shape index (κ2) is 7.24. The van der Waals surface area contributed by atoms with Crippen molar-refractivity contribution >= 4 is 11.6 Å². The molecular formula is C20H29N3O2. The summed E-state index contributed by atoms with van der Waals surface area (Å²) in [7, 11) is 0. The molecule has 0 atom stereocenters. The van der Waals surface area contributed by atoms with Crippen molar-refractivity contribution in [1.29, 1.82) is 0 Å². The van der Waals surface area contributed by atoms with Crippen LogP contribution in [0.5, 0.6) is 5.75 Å². The zero-order chi connectivity index (χ0) is 17.2. The molecule has 2 saturated carbocycles. The van der Waals surface area contributed by atoms with Gasteiger partial charge < -0.3 is 15.4 Å². The van der Waals surface area contributed by atoms with Gasteiger partial charge in [-0.25, -0.2) is 0 Å². The molecule has 4 rings (SSSR count). The fourth-order valence-corrected chi connectivity index (χ4v) is 4.14. The number of ether oxygens (including phenoxy) is 1. The van der Waals surface area contributed by atoms with Crippen molar-refractivity contribution in [1.82, 2.24) is 9.80 Å². The van der Waals surface area contributed by atoms with Gasteiger partial charge in [-0.05, 0) is 56.4 Å². The van der Waals surface area contributed by atoms with Gasteiger partial charge >= 0.3 is 0 Å². The Labute approximate surface area is 150 Å². The Morgan fingerprint density at radius 3 is 2.44 bits per heavy atom. The number of anilines is 1. The van der Waals surface area contributed by atoms with Crippen LogP contribution >= 0.6 is 0 Å². The third-order valence-electron chi connectivity index (χ3n) is 6.06. The van der Waals surface area contributed by atoms with E-state index in [2.05, 4.69) is 9.80 Å². The summed E-state index contributed by atoms with van der Waals surface area (Å²) in [6.45, 7) is 4.02. The molecule has 1 aromatic rings. The number of hydrogen-bond acceptors (Lipinski definition) is 4. The highest BCUT2D eigenvalue weighted by Gasteiger charge is 2.39. The Balaban J connectivity index is 1.23. The number of hydrogen-bond donors (Lipinski definition) is 1. The van der Waals surface area contributed by atoms with E-state index >= 15 is 0 Å². The van der Waals surface area contributed by atoms with Gasteiger partial charge in [-0.1, -0.05) is 6.42 Å². The van der Waals surface area contributed by atoms with Gasteiger partial charge in [0.05, 0.1) is 0 Å². The molecule has 1 aromatic carbocycles. The number of carbonyl (C=O) groups is 1. The van der Waals surface area contributed by atoms with E-state index in [9.17, 15) is 4.79 Å². The van der Waals surface area contributed by atoms with Crippen LogP contribution in [-0.4, -0.2) is 54.0 Å². The summed E-state index contributed by atoms with van der Waals surface area (Å²) in [5.74, 6) is 1.33. The zero-order valence-electron chi connectivity index (χ0n) is 14.9. The first-order valence-electron chi connectivity index (χ1n) is 9.74. The summed E-state index contributed by atoms with van der Waals surface area (Å²) in [6.07, 6.45) is 7.03. The monoisotopic (exact) mass is 343 g/mol. The molecule has 1 saturated heterocycles. The predicted octanol–water partition coefficient (Wildman–Crippen LogP) is 2.51. The van der Waals surface area contributed by atoms with Gasteiger partial charge in [0.1, 0.15) is 11.9 Å². The van der Waals surface area contributed by atoms with Crippen LogP contribution in [0.1, 0.15) is 38.5 Å². The van der Waals surface area contributed by atoms with E-state index in [0.29, 0.717) is 5.91 Å². The van der Waals surface area contributed by atoms with Crippen molar-refractivity contribution in [3.63, 3.8) is 0 Å². The van der Waals surface area contributed by atoms with Crippen LogP contribution < -0.4 is 10.5 Å². The van der Waals surface area contributed by atoms with Gasteiger partial charge in [-0.3, -0.25) is 9.69 Å². The lowest BCUT2D eigenvalue weighted by Crippen LogP contribution is -2.47. The molecule has 0 aromatic heterocycles. The lowest BCUT2D eigenvalue weighted by molar-refractivity contribution is -0.141. The number of carbonyl (C=O) groups excluding carboxylic acids is 1. The normalized spacial score (nSPS) is 27.9. The highest BCUT2D eigenvalue weighted by atomic mass is 16.5. The molecule has 1 heterocycles. The summed E-state index contributed by atoms with van der Waals surface area (Å²) in [6, 6.07) is 8.28. The second-order valence-electron chi connectivity index (χ2n) is 7.78. The topological polar surface area (TPSA) is 58.8 Å². The molecule has 1 amide bonds. The molecule has 3 fully saturated rings. The van der Waals surface area contributed by atoms with Crippen LogP contribution in [0.4, 0.5) is 5.69 Å². The third-order valence-corrected chi connectivity index (χ3v) is 6.06. The van der Waals surface area contributed by atoms with Crippen LogP contribution in [0.15, 0.2) is 24.3 Å². The Kier molecular flexibility index (Phi) is 4.84. The number of nitrogens with zero attached hydrogens (tertiary/aromatic N) is 2. The summed E-state index contributed by atoms with van der Waals surface area (Å²) in [5, 5.41) is 0. The number of nitrogens with two attached hydrogens (primary N) is 1. The van der Waals surface area contributed by atoms with E-state index < -0.39 is 0 Å². The van der Waals surface area contributed by atoms with Crippen LogP contribution in [0.2, 0.25) is 0 Å². The summed E-state index contributed by atoms with van der Waals surface area (Å²) < 4.78 is 5.93. The minimum atomic E-state index is 0.147. The molecule has 1 aliphatic heterocycles. The van der Waals surface area contributed by atoms with Crippen LogP contribution in [-0.2, 0) is 4.79 Å². The fraction of sp³-hybridized carbons (Fsp3) is 0.650. The number of benzene rings is 1. The molecule has 0 radical (unpaired) electrons. The van der Waals surface area contributed by atoms with Gasteiger partial charge in [0.2, 0.25) is 5.91 Å². The van der Waals surface area contributed by atoms with Gasteiger partial charge in [-0.15, -0.1) is 0 Å². The number of rotatable bonds is 4. The Morgan fingerprint density at radius 1 is 1.00 bits per heavy atom. The van der Waals surface area contributed by atoms with E-state index in [1.807, 2.05) is 24.3 Å². The van der Waals surface area contributed by atoms with Crippen molar-refractivity contribution in [2.24, 2.45) is 5.92 Å². The van der Waals surface area contributed by atoms with Crippen molar-refractivity contribution in [2.45, 2.75) is 50.7 Å². The first kappa shape index (κ1) is 16.7. The molecule has 2 aliphatic carbocycles. The van der Waals surface area contributed by atoms with E-state index in [0.717, 1.165) is 62.9 Å². The molecule has 0 bridgehead atoms. The number of nitrogen functional groups attached to an aromatic ring is 1. The number of amides is 1. The second-order valence-corrected chi connectivity index (χ2v) is 7.78. The zero-order valence-corrected chi connectivity index (χ0v) is 14.9. The first-order valence-corrected chi connectivity index (χ1v) is 9.74. The Morgan fingerprint density at radius 2 is 1.76 bits per heavy atom. The standard InChI is InChI=1S/C20H29N3O2/c21-16-5-7-18(8-6-16)25-19-13-15(14-19)20(24)23-10-2-9-22(11-12-23)17-3-1-4-17/h5-8,15,17,19H,1-4,9-14,21H2/t15-,19+. The van der Waals surface area contributed by atoms with Gasteiger partial charge in [0.25, 0.3) is 0 Å². The molecule has 0 unspecified atom stereocenters. The third kappa shape index (κ3) is 3.76. The van der Waals surface area contributed by atoms with Crippen LogP contribution in [0.25, 0.3) is 0 Å². The molecule has 25 heavy (non-hydrogen) atoms. The average molecular weight is 343 g/mol. The lowest BCUT2D eigenvalue weighted by atomic mass is 9.81. The van der Waals surface area contributed by atoms with Crippen molar-refractivity contribution in [2.75, 3.05) is 31.9 Å². The smallest absolute Gasteiger partial charge is 0.226 e. The minimum Gasteiger partial charge on any atom is -0.490 e. The van der Waals surface area contributed by atoms with Crippen molar-refractivity contribution in [3.05, 3.63) is 24.3 Å². The maximum atomic E-state index is 12.8. The molecule has 3 aliphatic rings. The Bertz CT molecular complexity index is 593. The largest absolute Gasteiger partial charge is 0.490 e. The van der Waals surface area contributed by atoms with E-state index in [1.165, 1.54) is 19.3 Å². The molecule has 5 nitrogen and oxygen atoms in total. The first-order chi connectivity index (χ1) is 12.2. The average Bonchev–Trinajstić information content (AvgIpc) is 2.76. The molecule has 0 spiro atoms. The quantitative estimate of drug-likeness (QED) is 0.854. The molecule has 5 heteroatoms. The lowest BCUT2D eigenvalue weighted by Gasteiger charge is -2.38. The van der Waals surface area contributed by atoms with Gasteiger partial charge in [0, 0.05) is 43.8 Å². The SMILES string of the molecule is Nc1ccc(O[C@H]2C[C@@H](C(=O)N3CCCN(C4CCC4)CC3)C2)cc1. The summed E-state index contributed by atoms with van der Waals surface area (Å²) in [5.41, 5.74) is 6.43. The Hall–Kier alpha value is -1.75.